The summed E-state index contributed by atoms with van der Waals surface area (Å²) in [4.78, 5) is 19.2. The van der Waals surface area contributed by atoms with Crippen LogP contribution in [-0.2, 0) is 12.7 Å². The van der Waals surface area contributed by atoms with Crippen molar-refractivity contribution in [2.75, 3.05) is 23.7 Å². The summed E-state index contributed by atoms with van der Waals surface area (Å²) in [6.45, 7) is 0.991. The van der Waals surface area contributed by atoms with Gasteiger partial charge in [-0.25, -0.2) is 13.6 Å². The van der Waals surface area contributed by atoms with Gasteiger partial charge in [0.2, 0.25) is 0 Å². The van der Waals surface area contributed by atoms with E-state index >= 15 is 0 Å². The highest BCUT2D eigenvalue weighted by Gasteiger charge is 2.40. The number of alkyl halides is 3. The Labute approximate surface area is 206 Å². The lowest BCUT2D eigenvalue weighted by Crippen LogP contribution is -2.61. The van der Waals surface area contributed by atoms with Crippen molar-refractivity contribution in [2.24, 2.45) is 0 Å². The van der Waals surface area contributed by atoms with E-state index in [0.29, 0.717) is 37.8 Å². The number of aromatic nitrogens is 2. The van der Waals surface area contributed by atoms with E-state index in [9.17, 15) is 31.9 Å². The van der Waals surface area contributed by atoms with E-state index in [1.54, 1.807) is 4.90 Å². The quantitative estimate of drug-likeness (QED) is 0.498. The number of fused-ring (bicyclic) bond motifs is 2. The van der Waals surface area contributed by atoms with Crippen molar-refractivity contribution in [3.8, 4) is 11.1 Å². The second-order valence-corrected chi connectivity index (χ2v) is 10.6. The maximum Gasteiger partial charge on any atom is 0.417 e. The van der Waals surface area contributed by atoms with Gasteiger partial charge in [-0.15, -0.1) is 11.8 Å². The number of anilines is 1. The summed E-state index contributed by atoms with van der Waals surface area (Å²) in [6.07, 6.45) is -4.32. The zero-order valence-corrected chi connectivity index (χ0v) is 19.6. The fourth-order valence-electron chi connectivity index (χ4n) is 5.66. The van der Waals surface area contributed by atoms with Gasteiger partial charge in [0, 0.05) is 64.9 Å². The third-order valence-corrected chi connectivity index (χ3v) is 8.10. The van der Waals surface area contributed by atoms with E-state index in [2.05, 4.69) is 10.3 Å². The third kappa shape index (κ3) is 3.86. The number of thioether (sulfide) groups is 1. The highest BCUT2D eigenvalue weighted by Crippen LogP contribution is 2.49. The molecule has 3 aromatic rings. The number of nitrogens with zero attached hydrogens (tertiary/aromatic N) is 3. The van der Waals surface area contributed by atoms with Crippen LogP contribution >= 0.6 is 11.8 Å². The number of piperidine rings is 1. The SMILES string of the molecule is O=c1nc(N2CC3CC(O)CC(C2)N3)c2cc(C(F)(F)F)c(-c3ccc(F)cc3F)c3c2n1CCS3. The van der Waals surface area contributed by atoms with Crippen molar-refractivity contribution in [1.29, 1.82) is 0 Å². The Kier molecular flexibility index (Phi) is 5.54. The highest BCUT2D eigenvalue weighted by molar-refractivity contribution is 7.99. The molecule has 190 valence electrons. The van der Waals surface area contributed by atoms with Crippen molar-refractivity contribution in [2.45, 2.75) is 48.6 Å². The molecule has 2 bridgehead atoms. The number of aliphatic hydroxyl groups is 1. The first-order valence-electron chi connectivity index (χ1n) is 11.6. The molecular formula is C24H21F5N4O2S. The first-order valence-corrected chi connectivity index (χ1v) is 12.5. The van der Waals surface area contributed by atoms with E-state index in [1.165, 1.54) is 4.57 Å². The summed E-state index contributed by atoms with van der Waals surface area (Å²) in [7, 11) is 0. The zero-order chi connectivity index (χ0) is 25.4. The molecule has 2 atom stereocenters. The average Bonchev–Trinajstić information content (AvgIpc) is 2.80. The highest BCUT2D eigenvalue weighted by atomic mass is 32.2. The molecule has 2 aromatic carbocycles. The molecule has 1 aromatic heterocycles. The predicted molar refractivity (Wildman–Crippen MR) is 125 cm³/mol. The Morgan fingerprint density at radius 1 is 1.11 bits per heavy atom. The molecular weight excluding hydrogens is 503 g/mol. The Hall–Kier alpha value is -2.70. The topological polar surface area (TPSA) is 70.4 Å². The van der Waals surface area contributed by atoms with Crippen LogP contribution in [0.4, 0.5) is 27.8 Å². The molecule has 2 unspecified atom stereocenters. The van der Waals surface area contributed by atoms with Crippen molar-refractivity contribution < 1.29 is 27.1 Å². The first-order chi connectivity index (χ1) is 17.1. The maximum absolute atomic E-state index is 14.8. The van der Waals surface area contributed by atoms with Crippen molar-refractivity contribution in [3.63, 3.8) is 0 Å². The van der Waals surface area contributed by atoms with Gasteiger partial charge >= 0.3 is 11.9 Å². The lowest BCUT2D eigenvalue weighted by atomic mass is 9.91. The van der Waals surface area contributed by atoms with Gasteiger partial charge in [-0.1, -0.05) is 0 Å². The summed E-state index contributed by atoms with van der Waals surface area (Å²) in [5, 5.41) is 13.7. The van der Waals surface area contributed by atoms with E-state index in [-0.39, 0.29) is 45.8 Å². The minimum absolute atomic E-state index is 0.0943. The van der Waals surface area contributed by atoms with Crippen molar-refractivity contribution in [1.82, 2.24) is 14.9 Å². The van der Waals surface area contributed by atoms with Crippen LogP contribution in [-0.4, -0.2) is 51.7 Å². The summed E-state index contributed by atoms with van der Waals surface area (Å²) < 4.78 is 73.1. The monoisotopic (exact) mass is 524 g/mol. The van der Waals surface area contributed by atoms with Crippen LogP contribution in [0.25, 0.3) is 22.0 Å². The second-order valence-electron chi connectivity index (χ2n) is 9.46. The Balaban J connectivity index is 1.64. The molecule has 0 saturated carbocycles. The summed E-state index contributed by atoms with van der Waals surface area (Å²) in [6, 6.07) is 3.22. The second kappa shape index (κ2) is 8.42. The van der Waals surface area contributed by atoms with Gasteiger partial charge < -0.3 is 15.3 Å². The normalized spacial score (nSPS) is 23.8. The molecule has 0 radical (unpaired) electrons. The fraction of sp³-hybridized carbons (Fsp3) is 0.417. The Bertz CT molecular complexity index is 1420. The van der Waals surface area contributed by atoms with Crippen LogP contribution in [0.3, 0.4) is 0 Å². The van der Waals surface area contributed by atoms with E-state index in [0.717, 1.165) is 30.0 Å². The summed E-state index contributed by atoms with van der Waals surface area (Å²) in [5.74, 6) is -1.56. The van der Waals surface area contributed by atoms with Gasteiger partial charge in [0.05, 0.1) is 17.2 Å². The number of halogens is 5. The third-order valence-electron chi connectivity index (χ3n) is 7.03. The molecule has 36 heavy (non-hydrogen) atoms. The molecule has 0 aliphatic carbocycles. The Morgan fingerprint density at radius 2 is 1.83 bits per heavy atom. The fourth-order valence-corrected chi connectivity index (χ4v) is 6.86. The molecule has 12 heteroatoms. The molecule has 2 saturated heterocycles. The van der Waals surface area contributed by atoms with Gasteiger partial charge in [0.15, 0.2) is 0 Å². The molecule has 6 rings (SSSR count). The van der Waals surface area contributed by atoms with Gasteiger partial charge in [-0.3, -0.25) is 4.57 Å². The number of hydrogen-bond donors (Lipinski definition) is 2. The predicted octanol–water partition coefficient (Wildman–Crippen LogP) is 3.77. The lowest BCUT2D eigenvalue weighted by Gasteiger charge is -2.44. The standard InChI is InChI=1S/C24H21F5N4O2S/c25-11-1-2-15(18(26)5-11)19-17(24(27,28)29)8-16-20-21(19)36-4-3-33(20)23(35)31-22(16)32-9-12-6-14(34)7-13(10-32)30-12/h1-2,5,8,12-14,30,34H,3-4,6-7,9-10H2. The lowest BCUT2D eigenvalue weighted by molar-refractivity contribution is -0.137. The van der Waals surface area contributed by atoms with Gasteiger partial charge in [0.25, 0.3) is 0 Å². The molecule has 2 fully saturated rings. The maximum atomic E-state index is 14.8. The van der Waals surface area contributed by atoms with Crippen molar-refractivity contribution >= 4 is 28.5 Å². The van der Waals surface area contributed by atoms with Crippen LogP contribution < -0.4 is 15.9 Å². The van der Waals surface area contributed by atoms with Gasteiger partial charge in [-0.05, 0) is 31.0 Å². The molecule has 3 aliphatic heterocycles. The minimum Gasteiger partial charge on any atom is -0.393 e. The Morgan fingerprint density at radius 3 is 2.50 bits per heavy atom. The first kappa shape index (κ1) is 23.7. The van der Waals surface area contributed by atoms with Crippen LogP contribution in [0.1, 0.15) is 18.4 Å². The number of aliphatic hydroxyl groups excluding tert-OH is 1. The number of nitrogens with one attached hydrogen (secondary N) is 1. The van der Waals surface area contributed by atoms with Crippen LogP contribution in [0, 0.1) is 11.6 Å². The molecule has 0 spiro atoms. The number of benzene rings is 2. The summed E-state index contributed by atoms with van der Waals surface area (Å²) >= 11 is 1.12. The average molecular weight is 525 g/mol. The molecule has 3 aliphatic rings. The van der Waals surface area contributed by atoms with Gasteiger partial charge in [0.1, 0.15) is 17.5 Å². The van der Waals surface area contributed by atoms with E-state index < -0.39 is 40.7 Å². The van der Waals surface area contributed by atoms with Crippen LogP contribution in [0.15, 0.2) is 34.0 Å². The van der Waals surface area contributed by atoms with E-state index in [4.69, 9.17) is 0 Å². The van der Waals surface area contributed by atoms with E-state index in [1.807, 2.05) is 0 Å². The number of rotatable bonds is 2. The molecule has 2 N–H and O–H groups in total. The smallest absolute Gasteiger partial charge is 0.393 e. The molecule has 0 amide bonds. The molecule has 6 nitrogen and oxygen atoms in total. The van der Waals surface area contributed by atoms with Crippen molar-refractivity contribution in [3.05, 3.63) is 51.9 Å². The van der Waals surface area contributed by atoms with Crippen LogP contribution in [0.5, 0.6) is 0 Å². The number of aryl methyl sites for hydroxylation is 1. The van der Waals surface area contributed by atoms with Gasteiger partial charge in [-0.2, -0.15) is 18.2 Å². The largest absolute Gasteiger partial charge is 0.417 e. The molecule has 4 heterocycles. The minimum atomic E-state index is -4.85. The zero-order valence-electron chi connectivity index (χ0n) is 18.8. The summed E-state index contributed by atoms with van der Waals surface area (Å²) in [5.41, 5.74) is -2.16. The number of hydrogen-bond acceptors (Lipinski definition) is 6. The number of piperazine rings is 1. The van der Waals surface area contributed by atoms with Crippen LogP contribution in [0.2, 0.25) is 0 Å².